The largest absolute Gasteiger partial charge is 0.445 e. The molecular formula is C13H16Cl2N2O2. The first-order valence-electron chi connectivity index (χ1n) is 6.10. The smallest absolute Gasteiger partial charge is 0.407 e. The zero-order valence-electron chi connectivity index (χ0n) is 10.7. The Kier molecular flexibility index (Phi) is 4.91. The maximum absolute atomic E-state index is 11.6. The number of hydrogen-bond donors (Lipinski definition) is 1. The fraction of sp³-hybridized carbons (Fsp3) is 0.462. The number of carbonyl (C=O) groups is 1. The maximum atomic E-state index is 11.6. The molecule has 1 amide bonds. The van der Waals surface area contributed by atoms with Crippen LogP contribution in [0, 0.1) is 0 Å². The standard InChI is InChI=1S/C13H16Cl2N2O2/c1-17-3-2-12(7-17)16-13(18)19-8-9-4-10(14)6-11(15)5-9/h4-6,12H,2-3,7-8H2,1H3,(H,16,18)/t12-/m1/s1. The van der Waals surface area contributed by atoms with Crippen molar-refractivity contribution in [2.75, 3.05) is 20.1 Å². The average Bonchev–Trinajstić information content (AvgIpc) is 2.71. The quantitative estimate of drug-likeness (QED) is 0.933. The van der Waals surface area contributed by atoms with Gasteiger partial charge in [-0.1, -0.05) is 23.2 Å². The molecule has 0 aliphatic carbocycles. The summed E-state index contributed by atoms with van der Waals surface area (Å²) in [5.74, 6) is 0. The van der Waals surface area contributed by atoms with Crippen LogP contribution in [0.25, 0.3) is 0 Å². The number of halogens is 2. The topological polar surface area (TPSA) is 41.6 Å². The Labute approximate surface area is 122 Å². The van der Waals surface area contributed by atoms with Gasteiger partial charge < -0.3 is 15.0 Å². The van der Waals surface area contributed by atoms with E-state index in [0.29, 0.717) is 10.0 Å². The van der Waals surface area contributed by atoms with E-state index in [0.717, 1.165) is 25.1 Å². The summed E-state index contributed by atoms with van der Waals surface area (Å²) in [7, 11) is 2.03. The molecule has 1 N–H and O–H groups in total. The Balaban J connectivity index is 1.80. The highest BCUT2D eigenvalue weighted by molar-refractivity contribution is 6.34. The number of nitrogens with zero attached hydrogens (tertiary/aromatic N) is 1. The Morgan fingerprint density at radius 1 is 1.42 bits per heavy atom. The molecule has 0 saturated carbocycles. The third-order valence-corrected chi connectivity index (χ3v) is 3.44. The van der Waals surface area contributed by atoms with Crippen molar-refractivity contribution in [1.29, 1.82) is 0 Å². The van der Waals surface area contributed by atoms with Gasteiger partial charge in [-0.3, -0.25) is 0 Å². The highest BCUT2D eigenvalue weighted by atomic mass is 35.5. The molecule has 1 fully saturated rings. The minimum absolute atomic E-state index is 0.161. The van der Waals surface area contributed by atoms with Crippen molar-refractivity contribution in [3.8, 4) is 0 Å². The van der Waals surface area contributed by atoms with Gasteiger partial charge in [-0.25, -0.2) is 4.79 Å². The normalized spacial score (nSPS) is 19.4. The third kappa shape index (κ3) is 4.56. The number of benzene rings is 1. The number of rotatable bonds is 3. The zero-order chi connectivity index (χ0) is 13.8. The van der Waals surface area contributed by atoms with Crippen LogP contribution in [0.5, 0.6) is 0 Å². The summed E-state index contributed by atoms with van der Waals surface area (Å²) in [5, 5.41) is 3.90. The molecule has 0 unspecified atom stereocenters. The highest BCUT2D eigenvalue weighted by Gasteiger charge is 2.21. The van der Waals surface area contributed by atoms with Gasteiger partial charge in [-0.05, 0) is 43.8 Å². The number of nitrogens with one attached hydrogen (secondary N) is 1. The molecule has 6 heteroatoms. The van der Waals surface area contributed by atoms with Crippen LogP contribution in [-0.4, -0.2) is 37.2 Å². The minimum atomic E-state index is -0.406. The SMILES string of the molecule is CN1CC[C@@H](NC(=O)OCc2cc(Cl)cc(Cl)c2)C1. The molecular weight excluding hydrogens is 287 g/mol. The second-order valence-corrected chi connectivity index (χ2v) is 5.62. The van der Waals surface area contributed by atoms with Crippen LogP contribution >= 0.6 is 23.2 Å². The summed E-state index contributed by atoms with van der Waals surface area (Å²) in [6, 6.07) is 5.26. The summed E-state index contributed by atoms with van der Waals surface area (Å²) in [5.41, 5.74) is 0.774. The molecule has 19 heavy (non-hydrogen) atoms. The Morgan fingerprint density at radius 3 is 2.68 bits per heavy atom. The van der Waals surface area contributed by atoms with E-state index in [9.17, 15) is 4.79 Å². The van der Waals surface area contributed by atoms with Crippen LogP contribution in [0.1, 0.15) is 12.0 Å². The van der Waals surface area contributed by atoms with Crippen molar-refractivity contribution in [3.05, 3.63) is 33.8 Å². The van der Waals surface area contributed by atoms with Crippen LogP contribution in [0.2, 0.25) is 10.0 Å². The van der Waals surface area contributed by atoms with E-state index in [1.165, 1.54) is 0 Å². The van der Waals surface area contributed by atoms with Crippen molar-refractivity contribution in [1.82, 2.24) is 10.2 Å². The lowest BCUT2D eigenvalue weighted by atomic mass is 10.2. The second kappa shape index (κ2) is 6.46. The van der Waals surface area contributed by atoms with Gasteiger partial charge in [-0.2, -0.15) is 0 Å². The average molecular weight is 303 g/mol. The maximum Gasteiger partial charge on any atom is 0.407 e. The number of likely N-dealkylation sites (N-methyl/N-ethyl adjacent to an activating group) is 1. The molecule has 1 aliphatic heterocycles. The summed E-state index contributed by atoms with van der Waals surface area (Å²) < 4.78 is 5.15. The van der Waals surface area contributed by atoms with Gasteiger partial charge in [0.15, 0.2) is 0 Å². The zero-order valence-corrected chi connectivity index (χ0v) is 12.2. The van der Waals surface area contributed by atoms with Gasteiger partial charge in [0.05, 0.1) is 0 Å². The molecule has 1 aromatic rings. The van der Waals surface area contributed by atoms with Crippen LogP contribution in [0.15, 0.2) is 18.2 Å². The van der Waals surface area contributed by atoms with E-state index < -0.39 is 6.09 Å². The Morgan fingerprint density at radius 2 is 2.11 bits per heavy atom. The molecule has 0 radical (unpaired) electrons. The van der Waals surface area contributed by atoms with Gasteiger partial charge in [-0.15, -0.1) is 0 Å². The molecule has 1 aliphatic rings. The van der Waals surface area contributed by atoms with E-state index in [4.69, 9.17) is 27.9 Å². The predicted octanol–water partition coefficient (Wildman–Crippen LogP) is 2.92. The summed E-state index contributed by atoms with van der Waals surface area (Å²) in [6.07, 6.45) is 0.547. The lowest BCUT2D eigenvalue weighted by Crippen LogP contribution is -2.36. The number of alkyl carbamates (subject to hydrolysis) is 1. The van der Waals surface area contributed by atoms with Crippen molar-refractivity contribution in [2.45, 2.75) is 19.1 Å². The van der Waals surface area contributed by atoms with Gasteiger partial charge in [0.1, 0.15) is 6.61 Å². The van der Waals surface area contributed by atoms with E-state index in [-0.39, 0.29) is 12.6 Å². The fourth-order valence-electron chi connectivity index (χ4n) is 2.10. The van der Waals surface area contributed by atoms with Crippen molar-refractivity contribution in [3.63, 3.8) is 0 Å². The molecule has 0 spiro atoms. The van der Waals surface area contributed by atoms with Gasteiger partial charge in [0, 0.05) is 22.6 Å². The molecule has 1 aromatic carbocycles. The van der Waals surface area contributed by atoms with Gasteiger partial charge in [0.25, 0.3) is 0 Å². The van der Waals surface area contributed by atoms with E-state index in [1.807, 2.05) is 7.05 Å². The molecule has 0 bridgehead atoms. The number of ether oxygens (including phenoxy) is 1. The lowest BCUT2D eigenvalue weighted by molar-refractivity contribution is 0.136. The Bertz CT molecular complexity index is 448. The molecule has 4 nitrogen and oxygen atoms in total. The van der Waals surface area contributed by atoms with Crippen molar-refractivity contribution < 1.29 is 9.53 Å². The highest BCUT2D eigenvalue weighted by Crippen LogP contribution is 2.19. The molecule has 104 valence electrons. The molecule has 1 saturated heterocycles. The minimum Gasteiger partial charge on any atom is -0.445 e. The molecule has 1 atom stereocenters. The van der Waals surface area contributed by atoms with Gasteiger partial charge in [0.2, 0.25) is 0 Å². The second-order valence-electron chi connectivity index (χ2n) is 4.75. The van der Waals surface area contributed by atoms with Crippen molar-refractivity contribution >= 4 is 29.3 Å². The monoisotopic (exact) mass is 302 g/mol. The molecule has 2 rings (SSSR count). The summed E-state index contributed by atoms with van der Waals surface area (Å²) >= 11 is 11.7. The third-order valence-electron chi connectivity index (χ3n) is 3.01. The van der Waals surface area contributed by atoms with E-state index in [1.54, 1.807) is 18.2 Å². The first-order chi connectivity index (χ1) is 9.02. The fourth-order valence-corrected chi connectivity index (χ4v) is 2.68. The van der Waals surface area contributed by atoms with E-state index in [2.05, 4.69) is 10.2 Å². The van der Waals surface area contributed by atoms with Crippen molar-refractivity contribution in [2.24, 2.45) is 0 Å². The summed E-state index contributed by atoms with van der Waals surface area (Å²) in [6.45, 7) is 2.02. The van der Waals surface area contributed by atoms with Gasteiger partial charge >= 0.3 is 6.09 Å². The Hall–Kier alpha value is -0.970. The first kappa shape index (κ1) is 14.4. The summed E-state index contributed by atoms with van der Waals surface area (Å²) in [4.78, 5) is 13.8. The van der Waals surface area contributed by atoms with Crippen LogP contribution < -0.4 is 5.32 Å². The number of carbonyl (C=O) groups excluding carboxylic acids is 1. The molecule has 0 aromatic heterocycles. The van der Waals surface area contributed by atoms with Crippen LogP contribution in [-0.2, 0) is 11.3 Å². The van der Waals surface area contributed by atoms with Crippen LogP contribution in [0.4, 0.5) is 4.79 Å². The van der Waals surface area contributed by atoms with E-state index >= 15 is 0 Å². The lowest BCUT2D eigenvalue weighted by Gasteiger charge is -2.13. The number of hydrogen-bond acceptors (Lipinski definition) is 3. The molecule has 1 heterocycles. The van der Waals surface area contributed by atoms with Crippen LogP contribution in [0.3, 0.4) is 0 Å². The number of amides is 1. The first-order valence-corrected chi connectivity index (χ1v) is 6.85. The predicted molar refractivity (Wildman–Crippen MR) is 75.7 cm³/mol. The number of likely N-dealkylation sites (tertiary alicyclic amines) is 1.